The van der Waals surface area contributed by atoms with Gasteiger partial charge in [0.2, 0.25) is 0 Å². The van der Waals surface area contributed by atoms with Gasteiger partial charge in [-0.1, -0.05) is 91.0 Å². The van der Waals surface area contributed by atoms with Crippen LogP contribution >= 0.6 is 7.82 Å². The van der Waals surface area contributed by atoms with Gasteiger partial charge in [0.05, 0.1) is 6.10 Å². The van der Waals surface area contributed by atoms with E-state index in [1.165, 1.54) is 0 Å². The van der Waals surface area contributed by atoms with Crippen LogP contribution in [-0.2, 0) is 19.2 Å². The molecule has 3 aromatic rings. The first-order valence-corrected chi connectivity index (χ1v) is 10.3. The van der Waals surface area contributed by atoms with Gasteiger partial charge in [-0.15, -0.1) is 0 Å². The number of hydrogen-bond acceptors (Lipinski definition) is 3. The summed E-state index contributed by atoms with van der Waals surface area (Å²) in [6, 6.07) is 28.3. The van der Waals surface area contributed by atoms with E-state index in [9.17, 15) is 9.46 Å². The highest BCUT2D eigenvalue weighted by molar-refractivity contribution is 7.47. The Hall–Kier alpha value is -2.23. The first-order valence-electron chi connectivity index (χ1n) is 8.82. The SMILES string of the molecule is CC(C)OP(=O)(O)OC(c1ccccc1)(c1ccccc1)c1ccccc1. The van der Waals surface area contributed by atoms with E-state index in [1.54, 1.807) is 13.8 Å². The maximum absolute atomic E-state index is 12.9. The highest BCUT2D eigenvalue weighted by Crippen LogP contribution is 2.55. The van der Waals surface area contributed by atoms with Gasteiger partial charge in [-0.3, -0.25) is 9.05 Å². The Morgan fingerprint density at radius 2 is 1.07 bits per heavy atom. The second-order valence-corrected chi connectivity index (χ2v) is 7.82. The third-order valence-corrected chi connectivity index (χ3v) is 5.33. The number of phosphoric ester groups is 1. The summed E-state index contributed by atoms with van der Waals surface area (Å²) in [5, 5.41) is 0. The minimum Gasteiger partial charge on any atom is -0.302 e. The summed E-state index contributed by atoms with van der Waals surface area (Å²) in [4.78, 5) is 10.5. The number of rotatable bonds is 7. The minimum absolute atomic E-state index is 0.458. The van der Waals surface area contributed by atoms with Crippen molar-refractivity contribution in [1.82, 2.24) is 0 Å². The van der Waals surface area contributed by atoms with Gasteiger partial charge in [0.1, 0.15) is 0 Å². The first-order chi connectivity index (χ1) is 12.9. The Balaban J connectivity index is 2.28. The highest BCUT2D eigenvalue weighted by Gasteiger charge is 2.44. The fourth-order valence-corrected chi connectivity index (χ4v) is 4.38. The molecule has 0 spiro atoms. The Morgan fingerprint density at radius 3 is 1.37 bits per heavy atom. The summed E-state index contributed by atoms with van der Waals surface area (Å²) in [5.74, 6) is 0. The van der Waals surface area contributed by atoms with Crippen molar-refractivity contribution in [3.63, 3.8) is 0 Å². The van der Waals surface area contributed by atoms with Crippen LogP contribution in [0.2, 0.25) is 0 Å². The van der Waals surface area contributed by atoms with E-state index in [0.29, 0.717) is 0 Å². The molecule has 27 heavy (non-hydrogen) atoms. The summed E-state index contributed by atoms with van der Waals surface area (Å²) in [5.41, 5.74) is 0.931. The summed E-state index contributed by atoms with van der Waals surface area (Å²) in [6.45, 7) is 3.39. The topological polar surface area (TPSA) is 55.8 Å². The summed E-state index contributed by atoms with van der Waals surface area (Å²) in [7, 11) is -4.37. The second kappa shape index (κ2) is 8.20. The first kappa shape index (κ1) is 19.5. The average Bonchev–Trinajstić information content (AvgIpc) is 2.67. The number of phosphoric acid groups is 1. The number of hydrogen-bond donors (Lipinski definition) is 1. The van der Waals surface area contributed by atoms with Gasteiger partial charge in [0.15, 0.2) is 5.60 Å². The van der Waals surface area contributed by atoms with Crippen LogP contribution < -0.4 is 0 Å². The zero-order valence-corrected chi connectivity index (χ0v) is 16.3. The zero-order chi connectivity index (χ0) is 19.3. The molecule has 0 aliphatic rings. The molecule has 0 aliphatic carbocycles. The lowest BCUT2D eigenvalue weighted by molar-refractivity contribution is 0.0606. The van der Waals surface area contributed by atoms with Crippen molar-refractivity contribution in [2.75, 3.05) is 0 Å². The molecule has 0 fully saturated rings. The molecule has 0 saturated carbocycles. The van der Waals surface area contributed by atoms with Crippen molar-refractivity contribution in [2.45, 2.75) is 25.6 Å². The molecule has 0 aromatic heterocycles. The molecule has 1 atom stereocenters. The predicted molar refractivity (Wildman–Crippen MR) is 106 cm³/mol. The third-order valence-electron chi connectivity index (χ3n) is 4.14. The van der Waals surface area contributed by atoms with Crippen LogP contribution in [-0.4, -0.2) is 11.0 Å². The van der Waals surface area contributed by atoms with E-state index < -0.39 is 19.5 Å². The largest absolute Gasteiger partial charge is 0.473 e. The average molecular weight is 382 g/mol. The molecule has 0 saturated heterocycles. The lowest BCUT2D eigenvalue weighted by Gasteiger charge is -2.36. The van der Waals surface area contributed by atoms with Crippen LogP contribution in [0.1, 0.15) is 30.5 Å². The molecular formula is C22H23O4P. The van der Waals surface area contributed by atoms with Crippen LogP contribution in [0.4, 0.5) is 0 Å². The molecular weight excluding hydrogens is 359 g/mol. The van der Waals surface area contributed by atoms with Crippen LogP contribution in [0.25, 0.3) is 0 Å². The van der Waals surface area contributed by atoms with E-state index in [4.69, 9.17) is 9.05 Å². The molecule has 1 N–H and O–H groups in total. The van der Waals surface area contributed by atoms with Crippen molar-refractivity contribution in [2.24, 2.45) is 0 Å². The zero-order valence-electron chi connectivity index (χ0n) is 15.4. The summed E-state index contributed by atoms with van der Waals surface area (Å²) in [6.07, 6.45) is -0.458. The van der Waals surface area contributed by atoms with Gasteiger partial charge in [0.25, 0.3) is 0 Å². The van der Waals surface area contributed by atoms with Gasteiger partial charge in [-0.25, -0.2) is 4.57 Å². The van der Waals surface area contributed by atoms with Gasteiger partial charge >= 0.3 is 7.82 Å². The smallest absolute Gasteiger partial charge is 0.302 e. The Morgan fingerprint density at radius 1 is 0.741 bits per heavy atom. The maximum atomic E-state index is 12.9. The third kappa shape index (κ3) is 4.37. The van der Waals surface area contributed by atoms with Crippen molar-refractivity contribution in [1.29, 1.82) is 0 Å². The standard InChI is InChI=1S/C22H23O4P/c1-18(2)25-27(23,24)26-22(19-12-6-3-7-13-19,20-14-8-4-9-15-20)21-16-10-5-11-17-21/h3-18H,1-2H3,(H,23,24). The van der Waals surface area contributed by atoms with E-state index in [2.05, 4.69) is 0 Å². The molecule has 0 heterocycles. The Labute approximate surface area is 160 Å². The molecule has 140 valence electrons. The second-order valence-electron chi connectivity index (χ2n) is 6.49. The monoisotopic (exact) mass is 382 g/mol. The molecule has 0 amide bonds. The minimum atomic E-state index is -4.37. The fourth-order valence-electron chi connectivity index (χ4n) is 3.14. The van der Waals surface area contributed by atoms with E-state index in [0.717, 1.165) is 16.7 Å². The van der Waals surface area contributed by atoms with Crippen LogP contribution in [0.15, 0.2) is 91.0 Å². The Kier molecular flexibility index (Phi) is 5.93. The molecule has 3 aromatic carbocycles. The van der Waals surface area contributed by atoms with Crippen molar-refractivity contribution >= 4 is 7.82 Å². The lowest BCUT2D eigenvalue weighted by atomic mass is 9.80. The molecule has 0 radical (unpaired) electrons. The normalized spacial score (nSPS) is 14.1. The molecule has 0 bridgehead atoms. The van der Waals surface area contributed by atoms with Crippen molar-refractivity contribution < 1.29 is 18.5 Å². The van der Waals surface area contributed by atoms with Crippen molar-refractivity contribution in [3.8, 4) is 0 Å². The highest BCUT2D eigenvalue weighted by atomic mass is 31.2. The Bertz CT molecular complexity index is 799. The van der Waals surface area contributed by atoms with Crippen LogP contribution in [0.3, 0.4) is 0 Å². The molecule has 5 heteroatoms. The lowest BCUT2D eigenvalue weighted by Crippen LogP contribution is -2.32. The van der Waals surface area contributed by atoms with Gasteiger partial charge < -0.3 is 4.89 Å². The summed E-state index contributed by atoms with van der Waals surface area (Å²) < 4.78 is 24.1. The van der Waals surface area contributed by atoms with E-state index in [1.807, 2.05) is 91.0 Å². The van der Waals surface area contributed by atoms with Crippen molar-refractivity contribution in [3.05, 3.63) is 108 Å². The molecule has 3 rings (SSSR count). The van der Waals surface area contributed by atoms with Crippen LogP contribution in [0.5, 0.6) is 0 Å². The van der Waals surface area contributed by atoms with Gasteiger partial charge in [0, 0.05) is 0 Å². The van der Waals surface area contributed by atoms with Crippen LogP contribution in [0, 0.1) is 0 Å². The molecule has 0 aliphatic heterocycles. The summed E-state index contributed by atoms with van der Waals surface area (Å²) >= 11 is 0. The predicted octanol–water partition coefficient (Wildman–Crippen LogP) is 5.52. The molecule has 1 unspecified atom stereocenters. The quantitative estimate of drug-likeness (QED) is 0.432. The van der Waals surface area contributed by atoms with Gasteiger partial charge in [-0.2, -0.15) is 0 Å². The molecule has 4 nitrogen and oxygen atoms in total. The van der Waals surface area contributed by atoms with E-state index >= 15 is 0 Å². The van der Waals surface area contributed by atoms with E-state index in [-0.39, 0.29) is 0 Å². The maximum Gasteiger partial charge on any atom is 0.473 e. The number of benzene rings is 3. The van der Waals surface area contributed by atoms with Gasteiger partial charge in [-0.05, 0) is 30.5 Å². The fraction of sp³-hybridized carbons (Fsp3) is 0.182.